The van der Waals surface area contributed by atoms with Gasteiger partial charge in [-0.25, -0.2) is 9.25 Å². The summed E-state index contributed by atoms with van der Waals surface area (Å²) in [5.74, 6) is 1.16. The summed E-state index contributed by atoms with van der Waals surface area (Å²) in [6.07, 6.45) is 1.49. The summed E-state index contributed by atoms with van der Waals surface area (Å²) >= 11 is 0. The smallest absolute Gasteiger partial charge is 0.265 e. The maximum Gasteiger partial charge on any atom is 0.265 e. The zero-order valence-corrected chi connectivity index (χ0v) is 16.6. The summed E-state index contributed by atoms with van der Waals surface area (Å²) in [7, 11) is 0. The van der Waals surface area contributed by atoms with E-state index in [-0.39, 0.29) is 11.5 Å². The molecule has 0 unspecified atom stereocenters. The Bertz CT molecular complexity index is 1230. The average molecular weight is 403 g/mol. The molecular weight excluding hydrogens is 382 g/mol. The maximum atomic E-state index is 12.9. The molecule has 2 aromatic carbocycles. The fraction of sp³-hybridized carbons (Fsp3) is 0.227. The second-order valence-corrected chi connectivity index (χ2v) is 6.76. The lowest BCUT2D eigenvalue weighted by molar-refractivity contribution is 0.0961. The number of benzene rings is 2. The number of tetrazole rings is 1. The minimum atomic E-state index is -0.362. The number of hydrogen-bond acceptors (Lipinski definition) is 6. The van der Waals surface area contributed by atoms with Crippen molar-refractivity contribution in [2.45, 2.75) is 26.3 Å². The van der Waals surface area contributed by atoms with E-state index in [1.807, 2.05) is 19.1 Å². The minimum Gasteiger partial charge on any atom is -0.494 e. The van der Waals surface area contributed by atoms with Crippen LogP contribution in [0.3, 0.4) is 0 Å². The molecule has 0 amide bonds. The molecule has 2 aromatic heterocycles. The first kappa shape index (κ1) is 19.5. The molecule has 0 atom stereocenters. The topological polar surface area (TPSA) is 91.9 Å². The summed E-state index contributed by atoms with van der Waals surface area (Å²) in [4.78, 5) is 25.3. The van der Waals surface area contributed by atoms with Crippen molar-refractivity contribution in [3.05, 3.63) is 82.4 Å². The molecule has 4 rings (SSSR count). The van der Waals surface area contributed by atoms with Gasteiger partial charge in [0.15, 0.2) is 5.82 Å². The third-order valence-electron chi connectivity index (χ3n) is 4.81. The first-order valence-electron chi connectivity index (χ1n) is 9.81. The summed E-state index contributed by atoms with van der Waals surface area (Å²) in [6.45, 7) is 3.23. The van der Waals surface area contributed by atoms with Crippen LogP contribution >= 0.6 is 0 Å². The van der Waals surface area contributed by atoms with Gasteiger partial charge in [-0.05, 0) is 60.2 Å². The number of aryl methyl sites for hydroxylation is 2. The number of ether oxygens (including phenoxy) is 1. The third kappa shape index (κ3) is 3.98. The predicted octanol–water partition coefficient (Wildman–Crippen LogP) is 2.71. The summed E-state index contributed by atoms with van der Waals surface area (Å²) in [5.41, 5.74) is 0.645. The molecule has 0 spiro atoms. The number of nitrogens with zero attached hydrogens (tertiary/aromatic N) is 5. The summed E-state index contributed by atoms with van der Waals surface area (Å²) in [5, 5.41) is 12.4. The van der Waals surface area contributed by atoms with E-state index >= 15 is 0 Å². The van der Waals surface area contributed by atoms with Crippen molar-refractivity contribution >= 4 is 16.8 Å². The van der Waals surface area contributed by atoms with E-state index in [9.17, 15) is 9.59 Å². The summed E-state index contributed by atoms with van der Waals surface area (Å²) in [6, 6.07) is 17.2. The predicted molar refractivity (Wildman–Crippen MR) is 112 cm³/mol. The minimum absolute atomic E-state index is 0.353. The summed E-state index contributed by atoms with van der Waals surface area (Å²) < 4.78 is 8.81. The van der Waals surface area contributed by atoms with Crippen LogP contribution in [0.5, 0.6) is 5.75 Å². The van der Waals surface area contributed by atoms with Crippen molar-refractivity contribution in [1.82, 2.24) is 24.8 Å². The third-order valence-corrected chi connectivity index (χ3v) is 4.81. The Morgan fingerprint density at radius 2 is 1.90 bits per heavy atom. The quantitative estimate of drug-likeness (QED) is 0.441. The molecule has 0 fully saturated rings. The number of fused-ring (bicyclic) bond motifs is 1. The highest BCUT2D eigenvalue weighted by atomic mass is 16.5. The van der Waals surface area contributed by atoms with Gasteiger partial charge in [0, 0.05) is 30.0 Å². The van der Waals surface area contributed by atoms with Crippen molar-refractivity contribution in [2.75, 3.05) is 6.61 Å². The van der Waals surface area contributed by atoms with Crippen LogP contribution in [0.4, 0.5) is 0 Å². The number of carbonyl (C=O) groups is 1. The van der Waals surface area contributed by atoms with E-state index in [1.165, 1.54) is 10.6 Å². The van der Waals surface area contributed by atoms with Crippen molar-refractivity contribution in [1.29, 1.82) is 0 Å². The molecule has 2 heterocycles. The molecular formula is C22H21N5O3. The highest BCUT2D eigenvalue weighted by Crippen LogP contribution is 2.21. The highest BCUT2D eigenvalue weighted by molar-refractivity contribution is 6.01. The van der Waals surface area contributed by atoms with E-state index in [1.54, 1.807) is 47.1 Å². The second kappa shape index (κ2) is 8.69. The second-order valence-electron chi connectivity index (χ2n) is 6.76. The molecule has 8 heteroatoms. The Morgan fingerprint density at radius 3 is 2.70 bits per heavy atom. The van der Waals surface area contributed by atoms with Crippen LogP contribution in [0.2, 0.25) is 0 Å². The van der Waals surface area contributed by atoms with Gasteiger partial charge in [-0.15, -0.1) is 5.10 Å². The van der Waals surface area contributed by atoms with Crippen molar-refractivity contribution in [3.8, 4) is 5.75 Å². The Balaban J connectivity index is 1.50. The molecule has 8 nitrogen and oxygen atoms in total. The first-order valence-corrected chi connectivity index (χ1v) is 9.81. The van der Waals surface area contributed by atoms with E-state index in [2.05, 4.69) is 15.5 Å². The maximum absolute atomic E-state index is 12.9. The first-order chi connectivity index (χ1) is 14.7. The van der Waals surface area contributed by atoms with E-state index < -0.39 is 0 Å². The van der Waals surface area contributed by atoms with E-state index in [0.29, 0.717) is 23.4 Å². The number of pyridine rings is 1. The molecule has 4 aromatic rings. The van der Waals surface area contributed by atoms with Gasteiger partial charge in [-0.2, -0.15) is 0 Å². The SMILES string of the molecule is CCn1nnnc1CCCOc1ccc2c(ccc(=O)n2C(=O)c2ccccc2)c1. The zero-order chi connectivity index (χ0) is 20.9. The fourth-order valence-electron chi connectivity index (χ4n) is 3.30. The molecule has 0 N–H and O–H groups in total. The van der Waals surface area contributed by atoms with Crippen LogP contribution < -0.4 is 10.3 Å². The van der Waals surface area contributed by atoms with Crippen LogP contribution in [0.1, 0.15) is 29.5 Å². The normalized spacial score (nSPS) is 11.0. The molecule has 0 radical (unpaired) electrons. The Morgan fingerprint density at radius 1 is 1.07 bits per heavy atom. The Hall–Kier alpha value is -3.81. The van der Waals surface area contributed by atoms with Gasteiger partial charge in [0.1, 0.15) is 5.75 Å². The van der Waals surface area contributed by atoms with Gasteiger partial charge in [-0.1, -0.05) is 18.2 Å². The highest BCUT2D eigenvalue weighted by Gasteiger charge is 2.13. The number of carbonyl (C=O) groups excluding carboxylic acids is 1. The lowest BCUT2D eigenvalue weighted by Crippen LogP contribution is -2.26. The van der Waals surface area contributed by atoms with Gasteiger partial charge in [0.05, 0.1) is 12.1 Å². The number of rotatable bonds is 7. The van der Waals surface area contributed by atoms with Crippen LogP contribution in [-0.2, 0) is 13.0 Å². The van der Waals surface area contributed by atoms with Crippen molar-refractivity contribution < 1.29 is 9.53 Å². The van der Waals surface area contributed by atoms with Gasteiger partial charge in [0.25, 0.3) is 11.5 Å². The lowest BCUT2D eigenvalue weighted by atomic mass is 10.1. The average Bonchev–Trinajstić information content (AvgIpc) is 3.24. The van der Waals surface area contributed by atoms with Crippen LogP contribution in [0, 0.1) is 0 Å². The molecule has 0 aliphatic rings. The van der Waals surface area contributed by atoms with Crippen LogP contribution in [0.15, 0.2) is 65.5 Å². The number of aromatic nitrogens is 5. The number of hydrogen-bond donors (Lipinski definition) is 0. The fourth-order valence-corrected chi connectivity index (χ4v) is 3.30. The van der Waals surface area contributed by atoms with Crippen LogP contribution in [0.25, 0.3) is 10.9 Å². The van der Waals surface area contributed by atoms with E-state index in [0.717, 1.165) is 30.6 Å². The van der Waals surface area contributed by atoms with E-state index in [4.69, 9.17) is 4.74 Å². The van der Waals surface area contributed by atoms with Crippen molar-refractivity contribution in [2.24, 2.45) is 0 Å². The lowest BCUT2D eigenvalue weighted by Gasteiger charge is -2.11. The molecule has 0 aliphatic carbocycles. The van der Waals surface area contributed by atoms with Gasteiger partial charge >= 0.3 is 0 Å². The molecule has 152 valence electrons. The monoisotopic (exact) mass is 403 g/mol. The van der Waals surface area contributed by atoms with Crippen LogP contribution in [-0.4, -0.2) is 37.3 Å². The van der Waals surface area contributed by atoms with Gasteiger partial charge in [-0.3, -0.25) is 9.59 Å². The largest absolute Gasteiger partial charge is 0.494 e. The molecule has 0 aliphatic heterocycles. The standard InChI is InChI=1S/C22H21N5O3/c1-2-26-20(23-24-25-26)9-6-14-30-18-11-12-19-17(15-18)10-13-21(28)27(19)22(29)16-7-4-3-5-8-16/h3-5,7-8,10-13,15H,2,6,9,14H2,1H3. The molecule has 0 saturated heterocycles. The van der Waals surface area contributed by atoms with Gasteiger partial charge < -0.3 is 4.74 Å². The molecule has 0 bridgehead atoms. The molecule has 0 saturated carbocycles. The Kier molecular flexibility index (Phi) is 5.65. The van der Waals surface area contributed by atoms with Gasteiger partial charge in [0.2, 0.25) is 0 Å². The Labute approximate surface area is 172 Å². The van der Waals surface area contributed by atoms with Crippen molar-refractivity contribution in [3.63, 3.8) is 0 Å². The molecule has 30 heavy (non-hydrogen) atoms. The zero-order valence-electron chi connectivity index (χ0n) is 16.6.